The van der Waals surface area contributed by atoms with Crippen molar-refractivity contribution < 1.29 is 14.7 Å². The summed E-state index contributed by atoms with van der Waals surface area (Å²) >= 11 is 2.54. The molecule has 2 rings (SSSR count). The van der Waals surface area contributed by atoms with E-state index >= 15 is 0 Å². The molecular formula is C13H18N2O3S2. The summed E-state index contributed by atoms with van der Waals surface area (Å²) in [5.74, 6) is -0.325. The topological polar surface area (TPSA) is 79.3 Å². The Hall–Kier alpha value is -1.08. The molecule has 0 saturated heterocycles. The number of rotatable bonds is 6. The van der Waals surface area contributed by atoms with Gasteiger partial charge in [-0.1, -0.05) is 30.6 Å². The SMILES string of the molecule is O=C(O)CSc1cnc(NC(=O)CC2CCCCC2)s1. The molecule has 0 aromatic carbocycles. The maximum absolute atomic E-state index is 11.9. The van der Waals surface area contributed by atoms with Crippen molar-refractivity contribution in [1.82, 2.24) is 4.98 Å². The Kier molecular flexibility index (Phi) is 5.85. The summed E-state index contributed by atoms with van der Waals surface area (Å²) in [4.78, 5) is 26.5. The van der Waals surface area contributed by atoms with Crippen molar-refractivity contribution in [3.05, 3.63) is 6.20 Å². The highest BCUT2D eigenvalue weighted by atomic mass is 32.2. The smallest absolute Gasteiger partial charge is 0.313 e. The lowest BCUT2D eigenvalue weighted by Gasteiger charge is -2.20. The Morgan fingerprint density at radius 1 is 1.40 bits per heavy atom. The Labute approximate surface area is 126 Å². The first-order chi connectivity index (χ1) is 9.63. The predicted octanol–water partition coefficient (Wildman–Crippen LogP) is 3.23. The van der Waals surface area contributed by atoms with Crippen molar-refractivity contribution in [3.63, 3.8) is 0 Å². The van der Waals surface area contributed by atoms with Crippen LogP contribution in [0.5, 0.6) is 0 Å². The van der Waals surface area contributed by atoms with Gasteiger partial charge in [-0.05, 0) is 18.8 Å². The van der Waals surface area contributed by atoms with Gasteiger partial charge in [0.05, 0.1) is 16.2 Å². The van der Waals surface area contributed by atoms with Gasteiger partial charge in [0.15, 0.2) is 5.13 Å². The average Bonchev–Trinajstić information content (AvgIpc) is 2.85. The summed E-state index contributed by atoms with van der Waals surface area (Å²) in [5, 5.41) is 12.0. The third kappa shape index (κ3) is 5.13. The first-order valence-corrected chi connectivity index (χ1v) is 8.54. The zero-order chi connectivity index (χ0) is 14.4. The molecule has 0 aliphatic heterocycles. The molecule has 0 atom stereocenters. The van der Waals surface area contributed by atoms with Crippen LogP contribution in [0.15, 0.2) is 10.4 Å². The normalized spacial score (nSPS) is 16.0. The second-order valence-corrected chi connectivity index (χ2v) is 7.23. The van der Waals surface area contributed by atoms with Crippen molar-refractivity contribution in [3.8, 4) is 0 Å². The highest BCUT2D eigenvalue weighted by Gasteiger charge is 2.17. The minimum atomic E-state index is -0.855. The Morgan fingerprint density at radius 3 is 2.85 bits per heavy atom. The first kappa shape index (κ1) is 15.3. The third-order valence-corrected chi connectivity index (χ3v) is 5.36. The van der Waals surface area contributed by atoms with Crippen LogP contribution in [-0.4, -0.2) is 27.7 Å². The number of carbonyl (C=O) groups is 2. The lowest BCUT2D eigenvalue weighted by Crippen LogP contribution is -2.18. The fourth-order valence-corrected chi connectivity index (χ4v) is 3.95. The molecular weight excluding hydrogens is 296 g/mol. The quantitative estimate of drug-likeness (QED) is 0.788. The minimum Gasteiger partial charge on any atom is -0.481 e. The van der Waals surface area contributed by atoms with Gasteiger partial charge in [0, 0.05) is 6.42 Å². The van der Waals surface area contributed by atoms with Crippen LogP contribution in [0, 0.1) is 5.92 Å². The lowest BCUT2D eigenvalue weighted by molar-refractivity contribution is -0.133. The van der Waals surface area contributed by atoms with E-state index < -0.39 is 5.97 Å². The summed E-state index contributed by atoms with van der Waals surface area (Å²) < 4.78 is 0.806. The van der Waals surface area contributed by atoms with Gasteiger partial charge in [0.25, 0.3) is 0 Å². The number of aromatic nitrogens is 1. The van der Waals surface area contributed by atoms with Crippen LogP contribution in [0.4, 0.5) is 5.13 Å². The van der Waals surface area contributed by atoms with E-state index in [1.807, 2.05) is 0 Å². The molecule has 1 aromatic rings. The molecule has 20 heavy (non-hydrogen) atoms. The van der Waals surface area contributed by atoms with Crippen molar-refractivity contribution in [1.29, 1.82) is 0 Å². The molecule has 0 spiro atoms. The van der Waals surface area contributed by atoms with Gasteiger partial charge in [-0.2, -0.15) is 0 Å². The van der Waals surface area contributed by atoms with Gasteiger partial charge in [0.1, 0.15) is 0 Å². The molecule has 1 aromatic heterocycles. The molecule has 110 valence electrons. The summed E-state index contributed by atoms with van der Waals surface area (Å²) in [6.45, 7) is 0. The number of nitrogens with zero attached hydrogens (tertiary/aromatic N) is 1. The van der Waals surface area contributed by atoms with Gasteiger partial charge in [-0.25, -0.2) is 4.98 Å². The van der Waals surface area contributed by atoms with Crippen LogP contribution in [0.1, 0.15) is 38.5 Å². The van der Waals surface area contributed by atoms with Crippen LogP contribution in [0.3, 0.4) is 0 Å². The van der Waals surface area contributed by atoms with E-state index in [9.17, 15) is 9.59 Å². The maximum Gasteiger partial charge on any atom is 0.313 e. The molecule has 1 fully saturated rings. The van der Waals surface area contributed by atoms with Crippen LogP contribution in [0.25, 0.3) is 0 Å². The van der Waals surface area contributed by atoms with Gasteiger partial charge < -0.3 is 10.4 Å². The average molecular weight is 314 g/mol. The van der Waals surface area contributed by atoms with E-state index in [4.69, 9.17) is 5.11 Å². The van der Waals surface area contributed by atoms with Crippen LogP contribution >= 0.6 is 23.1 Å². The molecule has 0 unspecified atom stereocenters. The van der Waals surface area contributed by atoms with E-state index in [-0.39, 0.29) is 11.7 Å². The van der Waals surface area contributed by atoms with Gasteiger partial charge in [0.2, 0.25) is 5.91 Å². The van der Waals surface area contributed by atoms with E-state index in [1.165, 1.54) is 42.4 Å². The Bertz CT molecular complexity index is 470. The number of anilines is 1. The molecule has 1 amide bonds. The molecule has 1 aliphatic carbocycles. The van der Waals surface area contributed by atoms with Gasteiger partial charge >= 0.3 is 5.97 Å². The highest BCUT2D eigenvalue weighted by molar-refractivity contribution is 8.01. The number of aliphatic carboxylic acids is 1. The Balaban J connectivity index is 1.77. The standard InChI is InChI=1S/C13H18N2O3S2/c16-10(6-9-4-2-1-3-5-9)15-13-14-7-12(20-13)19-8-11(17)18/h7,9H,1-6,8H2,(H,17,18)(H,14,15,16). The fourth-order valence-electron chi connectivity index (χ4n) is 2.34. The number of thiazole rings is 1. The first-order valence-electron chi connectivity index (χ1n) is 6.74. The molecule has 7 heteroatoms. The number of hydrogen-bond acceptors (Lipinski definition) is 5. The van der Waals surface area contributed by atoms with Crippen molar-refractivity contribution in [2.45, 2.75) is 42.7 Å². The van der Waals surface area contributed by atoms with Crippen molar-refractivity contribution in [2.24, 2.45) is 5.92 Å². The number of carboxylic acids is 1. The minimum absolute atomic E-state index is 0.0116. The molecule has 1 saturated carbocycles. The van der Waals surface area contributed by atoms with Gasteiger partial charge in [-0.3, -0.25) is 9.59 Å². The summed E-state index contributed by atoms with van der Waals surface area (Å²) in [6, 6.07) is 0. The number of nitrogens with one attached hydrogen (secondary N) is 1. The second-order valence-electron chi connectivity index (χ2n) is 4.92. The second kappa shape index (κ2) is 7.64. The molecule has 2 N–H and O–H groups in total. The largest absolute Gasteiger partial charge is 0.481 e. The number of thioether (sulfide) groups is 1. The maximum atomic E-state index is 11.9. The molecule has 0 radical (unpaired) electrons. The van der Waals surface area contributed by atoms with Crippen LogP contribution in [-0.2, 0) is 9.59 Å². The van der Waals surface area contributed by atoms with E-state index in [0.29, 0.717) is 17.5 Å². The number of carbonyl (C=O) groups excluding carboxylic acids is 1. The molecule has 0 bridgehead atoms. The van der Waals surface area contributed by atoms with E-state index in [0.717, 1.165) is 17.1 Å². The number of amides is 1. The summed E-state index contributed by atoms with van der Waals surface area (Å²) in [7, 11) is 0. The van der Waals surface area contributed by atoms with E-state index in [2.05, 4.69) is 10.3 Å². The zero-order valence-electron chi connectivity index (χ0n) is 11.1. The fraction of sp³-hybridized carbons (Fsp3) is 0.615. The lowest BCUT2D eigenvalue weighted by atomic mass is 9.87. The zero-order valence-corrected chi connectivity index (χ0v) is 12.8. The number of carboxylic acid groups (broad SMARTS) is 1. The highest BCUT2D eigenvalue weighted by Crippen LogP contribution is 2.29. The number of hydrogen-bond donors (Lipinski definition) is 2. The van der Waals surface area contributed by atoms with Crippen LogP contribution in [0.2, 0.25) is 0 Å². The van der Waals surface area contributed by atoms with Crippen LogP contribution < -0.4 is 5.32 Å². The predicted molar refractivity (Wildman–Crippen MR) is 80.3 cm³/mol. The summed E-state index contributed by atoms with van der Waals surface area (Å²) in [6.07, 6.45) is 8.20. The third-order valence-electron chi connectivity index (χ3n) is 3.27. The Morgan fingerprint density at radius 2 is 2.15 bits per heavy atom. The van der Waals surface area contributed by atoms with Crippen molar-refractivity contribution in [2.75, 3.05) is 11.1 Å². The van der Waals surface area contributed by atoms with E-state index in [1.54, 1.807) is 6.20 Å². The molecule has 1 aliphatic rings. The molecule has 5 nitrogen and oxygen atoms in total. The molecule has 1 heterocycles. The van der Waals surface area contributed by atoms with Crippen molar-refractivity contribution >= 4 is 40.1 Å². The monoisotopic (exact) mass is 314 g/mol. The van der Waals surface area contributed by atoms with Gasteiger partial charge in [-0.15, -0.1) is 11.8 Å². The summed E-state index contributed by atoms with van der Waals surface area (Å²) in [5.41, 5.74) is 0.